The minimum absolute atomic E-state index is 0.104. The molecule has 1 aromatic heterocycles. The molecule has 0 saturated carbocycles. The highest BCUT2D eigenvalue weighted by Gasteiger charge is 2.32. The van der Waals surface area contributed by atoms with Gasteiger partial charge in [-0.2, -0.15) is 5.10 Å². The second-order valence-electron chi connectivity index (χ2n) is 7.69. The van der Waals surface area contributed by atoms with Crippen LogP contribution >= 0.6 is 0 Å². The second-order valence-corrected chi connectivity index (χ2v) is 9.92. The van der Waals surface area contributed by atoms with E-state index in [-0.39, 0.29) is 17.5 Å². The Morgan fingerprint density at radius 2 is 1.61 bits per heavy atom. The Kier molecular flexibility index (Phi) is 4.82. The molecule has 0 spiro atoms. The average molecular weight is 433 g/mol. The van der Waals surface area contributed by atoms with Crippen LogP contribution in [0.5, 0.6) is 0 Å². The van der Waals surface area contributed by atoms with Gasteiger partial charge in [-0.15, -0.1) is 0 Å². The molecule has 1 saturated heterocycles. The number of cyclic esters (lactones) is 1. The number of allylic oxidation sites excluding steroid dienone is 1. The first kappa shape index (κ1) is 19.5. The fourth-order valence-electron chi connectivity index (χ4n) is 4.05. The number of ether oxygens (including phenoxy) is 1. The Labute approximate surface area is 180 Å². The molecule has 3 aromatic rings. The summed E-state index contributed by atoms with van der Waals surface area (Å²) in [6.45, 7) is 0. The van der Waals surface area contributed by atoms with Crippen LogP contribution in [0.1, 0.15) is 29.2 Å². The number of esters is 1. The molecule has 7 heteroatoms. The number of aromatic nitrogens is 2. The predicted octanol–water partition coefficient (Wildman–Crippen LogP) is 3.75. The monoisotopic (exact) mass is 432 g/mol. The van der Waals surface area contributed by atoms with E-state index >= 15 is 0 Å². The SMILES string of the molecule is O=C1O/C(=C\c2cnn(C3CCS(=O)(=O)C3)c2)C(c2ccccc2)=C1c1ccccc1. The van der Waals surface area contributed by atoms with Crippen LogP contribution in [-0.4, -0.2) is 35.7 Å². The van der Waals surface area contributed by atoms with E-state index in [4.69, 9.17) is 4.74 Å². The van der Waals surface area contributed by atoms with Gasteiger partial charge >= 0.3 is 5.97 Å². The van der Waals surface area contributed by atoms with E-state index in [9.17, 15) is 13.2 Å². The maximum atomic E-state index is 12.8. The van der Waals surface area contributed by atoms with Gasteiger partial charge in [0, 0.05) is 17.3 Å². The maximum absolute atomic E-state index is 12.8. The van der Waals surface area contributed by atoms with Crippen LogP contribution < -0.4 is 0 Å². The molecular formula is C24H20N2O4S. The lowest BCUT2D eigenvalue weighted by Gasteiger charge is -2.07. The van der Waals surface area contributed by atoms with E-state index in [1.165, 1.54) is 0 Å². The molecule has 0 bridgehead atoms. The normalized spacial score (nSPS) is 21.6. The number of hydrogen-bond acceptors (Lipinski definition) is 5. The van der Waals surface area contributed by atoms with Gasteiger partial charge in [0.15, 0.2) is 9.84 Å². The number of hydrogen-bond donors (Lipinski definition) is 0. The van der Waals surface area contributed by atoms with Crippen molar-refractivity contribution in [1.82, 2.24) is 9.78 Å². The average Bonchev–Trinajstić information content (AvgIpc) is 3.46. The minimum atomic E-state index is -3.00. The van der Waals surface area contributed by atoms with E-state index in [0.29, 0.717) is 17.8 Å². The van der Waals surface area contributed by atoms with Crippen LogP contribution in [0.15, 0.2) is 78.8 Å². The van der Waals surface area contributed by atoms with Crippen molar-refractivity contribution in [3.8, 4) is 0 Å². The highest BCUT2D eigenvalue weighted by atomic mass is 32.2. The molecule has 0 N–H and O–H groups in total. The largest absolute Gasteiger partial charge is 0.422 e. The van der Waals surface area contributed by atoms with Gasteiger partial charge in [-0.05, 0) is 23.6 Å². The summed E-state index contributed by atoms with van der Waals surface area (Å²) in [7, 11) is -3.00. The summed E-state index contributed by atoms with van der Waals surface area (Å²) in [5, 5.41) is 4.35. The van der Waals surface area contributed by atoms with Gasteiger partial charge in [-0.25, -0.2) is 13.2 Å². The van der Waals surface area contributed by atoms with Crippen molar-refractivity contribution in [2.24, 2.45) is 0 Å². The van der Waals surface area contributed by atoms with Crippen LogP contribution in [0.25, 0.3) is 17.2 Å². The molecule has 156 valence electrons. The molecule has 2 aliphatic rings. The van der Waals surface area contributed by atoms with Gasteiger partial charge in [0.25, 0.3) is 0 Å². The van der Waals surface area contributed by atoms with Crippen LogP contribution in [0, 0.1) is 0 Å². The van der Waals surface area contributed by atoms with Crippen molar-refractivity contribution in [3.63, 3.8) is 0 Å². The first-order valence-corrected chi connectivity index (χ1v) is 11.9. The number of carbonyl (C=O) groups is 1. The smallest absolute Gasteiger partial charge is 0.344 e. The zero-order valence-electron chi connectivity index (χ0n) is 16.6. The summed E-state index contributed by atoms with van der Waals surface area (Å²) in [4.78, 5) is 12.8. The molecule has 6 nitrogen and oxygen atoms in total. The Hall–Kier alpha value is -3.45. The van der Waals surface area contributed by atoms with Crippen molar-refractivity contribution in [1.29, 1.82) is 0 Å². The van der Waals surface area contributed by atoms with Crippen molar-refractivity contribution in [3.05, 3.63) is 95.5 Å². The van der Waals surface area contributed by atoms with Gasteiger partial charge in [-0.1, -0.05) is 60.7 Å². The van der Waals surface area contributed by atoms with Gasteiger partial charge in [0.2, 0.25) is 0 Å². The third kappa shape index (κ3) is 3.84. The second kappa shape index (κ2) is 7.67. The first-order chi connectivity index (χ1) is 15.0. The van der Waals surface area contributed by atoms with Gasteiger partial charge in [-0.3, -0.25) is 4.68 Å². The number of benzene rings is 2. The Bertz CT molecular complexity index is 1310. The summed E-state index contributed by atoms with van der Waals surface area (Å²) < 4.78 is 31.0. The number of nitrogens with zero attached hydrogens (tertiary/aromatic N) is 2. The standard InChI is InChI=1S/C24H20N2O4S/c27-24-23(19-9-5-2-6-10-19)22(18-7-3-1-4-8-18)21(30-24)13-17-14-25-26(15-17)20-11-12-31(28,29)16-20/h1-10,13-15,20H,11-12,16H2/b21-13-. The number of carbonyl (C=O) groups excluding carboxylic acids is 1. The van der Waals surface area contributed by atoms with E-state index < -0.39 is 15.8 Å². The van der Waals surface area contributed by atoms with Crippen LogP contribution in [0.3, 0.4) is 0 Å². The minimum Gasteiger partial charge on any atom is -0.422 e. The molecule has 3 heterocycles. The topological polar surface area (TPSA) is 78.3 Å². The van der Waals surface area contributed by atoms with E-state index in [1.807, 2.05) is 60.7 Å². The predicted molar refractivity (Wildman–Crippen MR) is 118 cm³/mol. The van der Waals surface area contributed by atoms with Gasteiger partial charge < -0.3 is 4.74 Å². The van der Waals surface area contributed by atoms with Crippen molar-refractivity contribution >= 4 is 33.0 Å². The molecule has 0 radical (unpaired) electrons. The van der Waals surface area contributed by atoms with Crippen LogP contribution in [0.2, 0.25) is 0 Å². The number of sulfone groups is 1. The quantitative estimate of drug-likeness (QED) is 0.587. The fourth-order valence-corrected chi connectivity index (χ4v) is 5.75. The summed E-state index contributed by atoms with van der Waals surface area (Å²) in [6.07, 6.45) is 5.80. The van der Waals surface area contributed by atoms with Crippen molar-refractivity contribution in [2.75, 3.05) is 11.5 Å². The zero-order chi connectivity index (χ0) is 21.4. The molecule has 1 unspecified atom stereocenters. The van der Waals surface area contributed by atoms with Crippen molar-refractivity contribution < 1.29 is 17.9 Å². The van der Waals surface area contributed by atoms with Gasteiger partial charge in [0.1, 0.15) is 5.76 Å². The van der Waals surface area contributed by atoms with Crippen LogP contribution in [-0.2, 0) is 19.4 Å². The zero-order valence-corrected chi connectivity index (χ0v) is 17.5. The summed E-state index contributed by atoms with van der Waals surface area (Å²) >= 11 is 0. The maximum Gasteiger partial charge on any atom is 0.344 e. The molecule has 2 aliphatic heterocycles. The number of rotatable bonds is 4. The van der Waals surface area contributed by atoms with Crippen LogP contribution in [0.4, 0.5) is 0 Å². The third-order valence-corrected chi connectivity index (χ3v) is 7.28. The summed E-state index contributed by atoms with van der Waals surface area (Å²) in [6, 6.07) is 19.0. The van der Waals surface area contributed by atoms with Gasteiger partial charge in [0.05, 0.1) is 29.3 Å². The molecule has 1 fully saturated rings. The Morgan fingerprint density at radius 1 is 0.968 bits per heavy atom. The first-order valence-electron chi connectivity index (χ1n) is 10.0. The third-order valence-electron chi connectivity index (χ3n) is 5.53. The molecule has 2 aromatic carbocycles. The lowest BCUT2D eigenvalue weighted by atomic mass is 9.94. The highest BCUT2D eigenvalue weighted by molar-refractivity contribution is 7.91. The lowest BCUT2D eigenvalue weighted by Crippen LogP contribution is -2.11. The lowest BCUT2D eigenvalue weighted by molar-refractivity contribution is -0.131. The van der Waals surface area contributed by atoms with E-state index in [2.05, 4.69) is 5.10 Å². The van der Waals surface area contributed by atoms with E-state index in [0.717, 1.165) is 22.3 Å². The molecule has 31 heavy (non-hydrogen) atoms. The summed E-state index contributed by atoms with van der Waals surface area (Å²) in [5.74, 6) is 0.346. The Balaban J connectivity index is 1.57. The molecule has 5 rings (SSSR count). The molecule has 1 atom stereocenters. The Morgan fingerprint density at radius 3 is 2.23 bits per heavy atom. The highest BCUT2D eigenvalue weighted by Crippen LogP contribution is 2.40. The molecule has 0 aliphatic carbocycles. The fraction of sp³-hybridized carbons (Fsp3) is 0.167. The van der Waals surface area contributed by atoms with Crippen molar-refractivity contribution in [2.45, 2.75) is 12.5 Å². The molecular weight excluding hydrogens is 412 g/mol. The summed E-state index contributed by atoms with van der Waals surface area (Å²) in [5.41, 5.74) is 3.67. The van der Waals surface area contributed by atoms with E-state index in [1.54, 1.807) is 23.2 Å². The molecule has 0 amide bonds.